The van der Waals surface area contributed by atoms with E-state index in [2.05, 4.69) is 33.6 Å². The molecule has 1 aromatic rings. The Morgan fingerprint density at radius 3 is 2.24 bits per heavy atom. The fourth-order valence-corrected chi connectivity index (χ4v) is 3.25. The maximum absolute atomic E-state index is 12.2. The monoisotopic (exact) mass is 460 g/mol. The Labute approximate surface area is 162 Å². The van der Waals surface area contributed by atoms with Gasteiger partial charge in [0.15, 0.2) is 0 Å². The molecule has 138 valence electrons. The van der Waals surface area contributed by atoms with Crippen molar-refractivity contribution in [3.8, 4) is 0 Å². The first-order valence-corrected chi connectivity index (χ1v) is 9.31. The van der Waals surface area contributed by atoms with Gasteiger partial charge in [0.2, 0.25) is 0 Å². The third kappa shape index (κ3) is 4.99. The molecule has 0 aliphatic carbocycles. The number of esters is 1. The van der Waals surface area contributed by atoms with E-state index in [1.807, 2.05) is 33.8 Å². The Kier molecular flexibility index (Phi) is 6.18. The summed E-state index contributed by atoms with van der Waals surface area (Å²) in [6, 6.07) is 3.93. The molecular weight excluding hydrogens is 435 g/mol. The highest BCUT2D eigenvalue weighted by atomic mass is 127. The minimum absolute atomic E-state index is 0.277. The highest BCUT2D eigenvalue weighted by Crippen LogP contribution is 2.26. The number of methoxy groups -OCH3 is 1. The second kappa shape index (κ2) is 7.80. The summed E-state index contributed by atoms with van der Waals surface area (Å²) in [5.41, 5.74) is 1.98. The van der Waals surface area contributed by atoms with E-state index in [4.69, 9.17) is 9.47 Å². The third-order valence-electron chi connectivity index (χ3n) is 4.03. The van der Waals surface area contributed by atoms with Crippen LogP contribution >= 0.6 is 22.6 Å². The minimum atomic E-state index is -0.489. The summed E-state index contributed by atoms with van der Waals surface area (Å²) in [5, 5.41) is 0. The predicted molar refractivity (Wildman–Crippen MR) is 105 cm³/mol. The average molecular weight is 460 g/mol. The molecule has 1 aliphatic heterocycles. The normalized spacial score (nSPS) is 15.1. The molecular formula is C18H25IN2O4. The molecule has 1 aliphatic rings. The molecule has 1 amide bonds. The van der Waals surface area contributed by atoms with Gasteiger partial charge in [-0.2, -0.15) is 0 Å². The summed E-state index contributed by atoms with van der Waals surface area (Å²) >= 11 is 2.23. The molecule has 0 saturated carbocycles. The highest BCUT2D eigenvalue weighted by Gasteiger charge is 2.26. The summed E-state index contributed by atoms with van der Waals surface area (Å²) in [6.45, 7) is 10.1. The summed E-state index contributed by atoms with van der Waals surface area (Å²) in [4.78, 5) is 28.0. The van der Waals surface area contributed by atoms with Gasteiger partial charge in [-0.25, -0.2) is 9.59 Å². The van der Waals surface area contributed by atoms with Crippen LogP contribution in [0.4, 0.5) is 10.5 Å². The summed E-state index contributed by atoms with van der Waals surface area (Å²) in [7, 11) is 1.39. The van der Waals surface area contributed by atoms with Crippen LogP contribution in [0.5, 0.6) is 0 Å². The second-order valence-electron chi connectivity index (χ2n) is 7.05. The van der Waals surface area contributed by atoms with E-state index in [0.29, 0.717) is 31.7 Å². The molecule has 7 heteroatoms. The van der Waals surface area contributed by atoms with Crippen molar-refractivity contribution in [3.05, 3.63) is 26.8 Å². The van der Waals surface area contributed by atoms with E-state index < -0.39 is 5.60 Å². The van der Waals surface area contributed by atoms with Crippen molar-refractivity contribution in [2.45, 2.75) is 33.3 Å². The summed E-state index contributed by atoms with van der Waals surface area (Å²) in [5.74, 6) is -0.329. The van der Waals surface area contributed by atoms with Crippen LogP contribution in [0.3, 0.4) is 0 Å². The van der Waals surface area contributed by atoms with E-state index in [-0.39, 0.29) is 12.1 Å². The van der Waals surface area contributed by atoms with Gasteiger partial charge in [0.05, 0.1) is 12.7 Å². The molecule has 6 nitrogen and oxygen atoms in total. The van der Waals surface area contributed by atoms with Crippen LogP contribution in [0.2, 0.25) is 0 Å². The van der Waals surface area contributed by atoms with Gasteiger partial charge >= 0.3 is 12.1 Å². The van der Waals surface area contributed by atoms with Crippen molar-refractivity contribution in [3.63, 3.8) is 0 Å². The molecule has 0 unspecified atom stereocenters. The lowest BCUT2D eigenvalue weighted by Gasteiger charge is -2.37. The van der Waals surface area contributed by atoms with Crippen LogP contribution in [-0.2, 0) is 9.47 Å². The lowest BCUT2D eigenvalue weighted by atomic mass is 10.1. The summed E-state index contributed by atoms with van der Waals surface area (Å²) in [6.07, 6.45) is -0.277. The van der Waals surface area contributed by atoms with E-state index in [1.165, 1.54) is 7.11 Å². The van der Waals surface area contributed by atoms with Gasteiger partial charge < -0.3 is 19.3 Å². The van der Waals surface area contributed by atoms with Crippen molar-refractivity contribution >= 4 is 40.3 Å². The number of carbonyl (C=O) groups excluding carboxylic acids is 2. The Morgan fingerprint density at radius 1 is 1.12 bits per heavy atom. The zero-order valence-electron chi connectivity index (χ0n) is 15.4. The molecule has 25 heavy (non-hydrogen) atoms. The van der Waals surface area contributed by atoms with Gasteiger partial charge in [-0.1, -0.05) is 0 Å². The molecule has 0 radical (unpaired) electrons. The molecule has 2 rings (SSSR count). The Bertz CT molecular complexity index is 662. The quantitative estimate of drug-likeness (QED) is 0.500. The predicted octanol–water partition coefficient (Wildman–Crippen LogP) is 3.44. The topological polar surface area (TPSA) is 59.1 Å². The first-order valence-electron chi connectivity index (χ1n) is 8.23. The maximum atomic E-state index is 12.2. The Hall–Kier alpha value is -1.51. The van der Waals surface area contributed by atoms with Crippen LogP contribution in [-0.4, -0.2) is 55.9 Å². The van der Waals surface area contributed by atoms with Gasteiger partial charge in [-0.3, -0.25) is 0 Å². The lowest BCUT2D eigenvalue weighted by Crippen LogP contribution is -2.50. The number of piperazine rings is 1. The van der Waals surface area contributed by atoms with Crippen molar-refractivity contribution < 1.29 is 19.1 Å². The number of rotatable bonds is 2. The molecule has 1 fully saturated rings. The molecule has 0 spiro atoms. The lowest BCUT2D eigenvalue weighted by molar-refractivity contribution is 0.0240. The largest absolute Gasteiger partial charge is 0.465 e. The number of benzene rings is 1. The first-order chi connectivity index (χ1) is 11.6. The first kappa shape index (κ1) is 19.8. The summed E-state index contributed by atoms with van der Waals surface area (Å²) < 4.78 is 11.3. The zero-order chi connectivity index (χ0) is 18.8. The number of nitrogens with zero attached hydrogens (tertiary/aromatic N) is 2. The number of amides is 1. The van der Waals surface area contributed by atoms with Crippen LogP contribution in [0.15, 0.2) is 12.1 Å². The SMILES string of the molecule is COC(=O)c1cc(N2CCN(C(=O)OC(C)(C)C)CC2)cc(I)c1C. The number of hydrogen-bond donors (Lipinski definition) is 0. The Morgan fingerprint density at radius 2 is 1.72 bits per heavy atom. The fraction of sp³-hybridized carbons (Fsp3) is 0.556. The van der Waals surface area contributed by atoms with Gasteiger partial charge in [-0.05, 0) is 68.0 Å². The highest BCUT2D eigenvalue weighted by molar-refractivity contribution is 14.1. The number of ether oxygens (including phenoxy) is 2. The fourth-order valence-electron chi connectivity index (χ4n) is 2.64. The zero-order valence-corrected chi connectivity index (χ0v) is 17.5. The van der Waals surface area contributed by atoms with Crippen molar-refractivity contribution in [2.75, 3.05) is 38.2 Å². The van der Waals surface area contributed by atoms with Gasteiger partial charge in [0.25, 0.3) is 0 Å². The molecule has 0 bridgehead atoms. The van der Waals surface area contributed by atoms with E-state index in [0.717, 1.165) is 14.8 Å². The van der Waals surface area contributed by atoms with Crippen LogP contribution in [0.25, 0.3) is 0 Å². The van der Waals surface area contributed by atoms with Gasteiger partial charge in [-0.15, -0.1) is 0 Å². The Balaban J connectivity index is 2.09. The standard InChI is InChI=1S/C18H25IN2O4/c1-12-14(16(22)24-5)10-13(11-15(12)19)20-6-8-21(9-7-20)17(23)25-18(2,3)4/h10-11H,6-9H2,1-5H3. The molecule has 1 aromatic carbocycles. The minimum Gasteiger partial charge on any atom is -0.465 e. The number of anilines is 1. The van der Waals surface area contributed by atoms with Gasteiger partial charge in [0.1, 0.15) is 5.60 Å². The van der Waals surface area contributed by atoms with E-state index in [1.54, 1.807) is 4.90 Å². The third-order valence-corrected chi connectivity index (χ3v) is 5.15. The van der Waals surface area contributed by atoms with Crippen molar-refractivity contribution in [1.82, 2.24) is 4.90 Å². The number of halogens is 1. The van der Waals surface area contributed by atoms with Crippen molar-refractivity contribution in [1.29, 1.82) is 0 Å². The number of hydrogen-bond acceptors (Lipinski definition) is 5. The maximum Gasteiger partial charge on any atom is 0.410 e. The molecule has 1 saturated heterocycles. The second-order valence-corrected chi connectivity index (χ2v) is 8.21. The van der Waals surface area contributed by atoms with E-state index >= 15 is 0 Å². The van der Waals surface area contributed by atoms with E-state index in [9.17, 15) is 9.59 Å². The number of carbonyl (C=O) groups is 2. The van der Waals surface area contributed by atoms with Crippen LogP contribution in [0.1, 0.15) is 36.7 Å². The molecule has 1 heterocycles. The van der Waals surface area contributed by atoms with Gasteiger partial charge in [0, 0.05) is 35.4 Å². The average Bonchev–Trinajstić information content (AvgIpc) is 2.55. The van der Waals surface area contributed by atoms with Crippen molar-refractivity contribution in [2.24, 2.45) is 0 Å². The molecule has 0 aromatic heterocycles. The smallest absolute Gasteiger partial charge is 0.410 e. The molecule has 0 N–H and O–H groups in total. The van der Waals surface area contributed by atoms with Crippen LogP contribution < -0.4 is 4.90 Å². The van der Waals surface area contributed by atoms with Crippen LogP contribution in [0, 0.1) is 10.5 Å². The molecule has 0 atom stereocenters.